The molecule has 172 valence electrons. The number of benzene rings is 3. The first-order chi connectivity index (χ1) is 15.9. The molecule has 4 aromatic rings. The van der Waals surface area contributed by atoms with Crippen molar-refractivity contribution < 1.29 is 14.9 Å². The van der Waals surface area contributed by atoms with Crippen LogP contribution in [0.3, 0.4) is 0 Å². The minimum atomic E-state index is -0.814. The Morgan fingerprint density at radius 1 is 0.848 bits per heavy atom. The number of imidazole rings is 1. The summed E-state index contributed by atoms with van der Waals surface area (Å²) in [5.41, 5.74) is 4.14. The summed E-state index contributed by atoms with van der Waals surface area (Å²) in [4.78, 5) is 12.1. The lowest BCUT2D eigenvalue weighted by molar-refractivity contribution is 0.108. The van der Waals surface area contributed by atoms with E-state index in [0.29, 0.717) is 24.4 Å². The Morgan fingerprint density at radius 3 is 2.27 bits per heavy atom. The van der Waals surface area contributed by atoms with Crippen LogP contribution >= 0.6 is 0 Å². The summed E-state index contributed by atoms with van der Waals surface area (Å²) in [5.74, 6) is 0.662. The summed E-state index contributed by atoms with van der Waals surface area (Å²) in [6.45, 7) is 1.20. The van der Waals surface area contributed by atoms with E-state index in [4.69, 9.17) is 4.74 Å². The Labute approximate surface area is 192 Å². The second-order valence-corrected chi connectivity index (χ2v) is 8.18. The minimum Gasteiger partial charge on any atom is -0.491 e. The summed E-state index contributed by atoms with van der Waals surface area (Å²) < 4.78 is 8.92. The zero-order valence-electron chi connectivity index (χ0n) is 18.8. The maximum atomic E-state index is 12.1. The maximum absolute atomic E-state index is 12.1. The molecule has 0 radical (unpaired) electrons. The van der Waals surface area contributed by atoms with Crippen LogP contribution in [-0.4, -0.2) is 32.5 Å². The van der Waals surface area contributed by atoms with Gasteiger partial charge in [-0.2, -0.15) is 0 Å². The van der Waals surface area contributed by atoms with Crippen LogP contribution in [0.2, 0.25) is 0 Å². The van der Waals surface area contributed by atoms with Gasteiger partial charge >= 0.3 is 5.69 Å². The van der Waals surface area contributed by atoms with Crippen molar-refractivity contribution in [3.8, 4) is 5.75 Å². The first-order valence-corrected chi connectivity index (χ1v) is 10.9. The van der Waals surface area contributed by atoms with Gasteiger partial charge in [-0.1, -0.05) is 48.5 Å². The SMILES string of the molecule is Cn1c(=O)n(C)c2cc([C@@H](O)COc3ccc(CNC[C@@H](O)c4ccccc4)cc3)ccc21. The van der Waals surface area contributed by atoms with Gasteiger partial charge in [-0.3, -0.25) is 9.13 Å². The van der Waals surface area contributed by atoms with Gasteiger partial charge in [0.05, 0.1) is 17.1 Å². The molecule has 3 aromatic carbocycles. The fourth-order valence-corrected chi connectivity index (χ4v) is 3.85. The first-order valence-electron chi connectivity index (χ1n) is 10.9. The Balaban J connectivity index is 1.29. The smallest absolute Gasteiger partial charge is 0.328 e. The Bertz CT molecular complexity index is 1260. The van der Waals surface area contributed by atoms with Crippen LogP contribution in [0, 0.1) is 0 Å². The number of nitrogens with one attached hydrogen (secondary N) is 1. The summed E-state index contributed by atoms with van der Waals surface area (Å²) in [6.07, 6.45) is -1.36. The minimum absolute atomic E-state index is 0.1000. The second-order valence-electron chi connectivity index (χ2n) is 8.18. The standard InChI is InChI=1S/C26H29N3O4/c1-28-22-13-10-20(14-23(22)29(2)26(28)32)25(31)17-33-21-11-8-18(9-12-21)15-27-16-24(30)19-6-4-3-5-7-19/h3-14,24-25,27,30-31H,15-17H2,1-2H3/t24-,25+/m1/s1. The van der Waals surface area contributed by atoms with Crippen LogP contribution in [0.25, 0.3) is 11.0 Å². The number of aliphatic hydroxyl groups excluding tert-OH is 2. The number of aromatic nitrogens is 2. The van der Waals surface area contributed by atoms with Crippen LogP contribution in [0.5, 0.6) is 5.75 Å². The van der Waals surface area contributed by atoms with Gasteiger partial charge in [0, 0.05) is 27.2 Å². The molecule has 7 nitrogen and oxygen atoms in total. The number of aryl methyl sites for hydroxylation is 2. The number of hydrogen-bond donors (Lipinski definition) is 3. The normalized spacial score (nSPS) is 13.2. The van der Waals surface area contributed by atoms with E-state index in [1.165, 1.54) is 0 Å². The van der Waals surface area contributed by atoms with Gasteiger partial charge in [-0.25, -0.2) is 4.79 Å². The van der Waals surface area contributed by atoms with Crippen molar-refractivity contribution in [3.05, 3.63) is 100.0 Å². The molecule has 3 N–H and O–H groups in total. The highest BCUT2D eigenvalue weighted by Crippen LogP contribution is 2.21. The molecule has 33 heavy (non-hydrogen) atoms. The molecule has 0 fully saturated rings. The summed E-state index contributed by atoms with van der Waals surface area (Å²) in [7, 11) is 3.45. The zero-order valence-corrected chi connectivity index (χ0v) is 18.8. The quantitative estimate of drug-likeness (QED) is 0.367. The molecule has 4 rings (SSSR count). The summed E-state index contributed by atoms with van der Waals surface area (Å²) in [6, 6.07) is 22.7. The number of nitrogens with zero attached hydrogens (tertiary/aromatic N) is 2. The van der Waals surface area contributed by atoms with Crippen molar-refractivity contribution >= 4 is 11.0 Å². The molecule has 0 saturated carbocycles. The van der Waals surface area contributed by atoms with Crippen molar-refractivity contribution in [1.82, 2.24) is 14.5 Å². The van der Waals surface area contributed by atoms with Gasteiger partial charge in [0.2, 0.25) is 0 Å². The third-order valence-electron chi connectivity index (χ3n) is 5.86. The van der Waals surface area contributed by atoms with Gasteiger partial charge < -0.3 is 20.3 Å². The number of ether oxygens (including phenoxy) is 1. The third kappa shape index (κ3) is 5.17. The molecule has 0 spiro atoms. The molecule has 0 aliphatic rings. The largest absolute Gasteiger partial charge is 0.491 e. The van der Waals surface area contributed by atoms with E-state index >= 15 is 0 Å². The predicted octanol–water partition coefficient (Wildman–Crippen LogP) is 2.81. The van der Waals surface area contributed by atoms with Crippen LogP contribution in [0.15, 0.2) is 77.6 Å². The van der Waals surface area contributed by atoms with Crippen LogP contribution < -0.4 is 15.7 Å². The molecule has 2 atom stereocenters. The maximum Gasteiger partial charge on any atom is 0.328 e. The lowest BCUT2D eigenvalue weighted by atomic mass is 10.1. The monoisotopic (exact) mass is 447 g/mol. The van der Waals surface area contributed by atoms with Crippen molar-refractivity contribution in [3.63, 3.8) is 0 Å². The van der Waals surface area contributed by atoms with E-state index < -0.39 is 12.2 Å². The number of rotatable bonds is 9. The molecule has 1 heterocycles. The van der Waals surface area contributed by atoms with E-state index in [2.05, 4.69) is 5.32 Å². The average molecular weight is 448 g/mol. The van der Waals surface area contributed by atoms with E-state index in [1.54, 1.807) is 23.2 Å². The molecule has 0 aliphatic heterocycles. The summed E-state index contributed by atoms with van der Waals surface area (Å²) in [5, 5.41) is 24.1. The molecular weight excluding hydrogens is 418 g/mol. The first kappa shape index (κ1) is 22.8. The van der Waals surface area contributed by atoms with Gasteiger partial charge in [-0.05, 0) is 41.0 Å². The average Bonchev–Trinajstić information content (AvgIpc) is 3.07. The highest BCUT2D eigenvalue weighted by molar-refractivity contribution is 5.77. The van der Waals surface area contributed by atoms with E-state index in [1.807, 2.05) is 72.8 Å². The van der Waals surface area contributed by atoms with Crippen LogP contribution in [-0.2, 0) is 20.6 Å². The molecule has 0 amide bonds. The van der Waals surface area contributed by atoms with Gasteiger partial charge in [0.25, 0.3) is 0 Å². The Kier molecular flexibility index (Phi) is 6.93. The zero-order chi connectivity index (χ0) is 23.4. The number of hydrogen-bond acceptors (Lipinski definition) is 5. The molecule has 0 aliphatic carbocycles. The highest BCUT2D eigenvalue weighted by Gasteiger charge is 2.13. The fourth-order valence-electron chi connectivity index (χ4n) is 3.85. The van der Waals surface area contributed by atoms with E-state index in [0.717, 1.165) is 22.2 Å². The Hall–Kier alpha value is -3.39. The molecule has 0 unspecified atom stereocenters. The fraction of sp³-hybridized carbons (Fsp3) is 0.269. The van der Waals surface area contributed by atoms with E-state index in [9.17, 15) is 15.0 Å². The molecular formula is C26H29N3O4. The predicted molar refractivity (Wildman–Crippen MR) is 128 cm³/mol. The third-order valence-corrected chi connectivity index (χ3v) is 5.86. The lowest BCUT2D eigenvalue weighted by Crippen LogP contribution is -2.21. The molecule has 1 aromatic heterocycles. The van der Waals surface area contributed by atoms with Gasteiger partial charge in [0.1, 0.15) is 18.5 Å². The molecule has 7 heteroatoms. The van der Waals surface area contributed by atoms with Crippen LogP contribution in [0.1, 0.15) is 28.9 Å². The number of fused-ring (bicyclic) bond motifs is 1. The topological polar surface area (TPSA) is 88.7 Å². The lowest BCUT2D eigenvalue weighted by Gasteiger charge is -2.14. The molecule has 0 bridgehead atoms. The van der Waals surface area contributed by atoms with Gasteiger partial charge in [-0.15, -0.1) is 0 Å². The van der Waals surface area contributed by atoms with Crippen molar-refractivity contribution in [2.45, 2.75) is 18.8 Å². The van der Waals surface area contributed by atoms with Crippen molar-refractivity contribution in [2.75, 3.05) is 13.2 Å². The van der Waals surface area contributed by atoms with Crippen molar-refractivity contribution in [1.29, 1.82) is 0 Å². The van der Waals surface area contributed by atoms with Crippen LogP contribution in [0.4, 0.5) is 0 Å². The number of aliphatic hydroxyl groups is 2. The molecule has 0 saturated heterocycles. The second kappa shape index (κ2) is 10.0. The van der Waals surface area contributed by atoms with Crippen molar-refractivity contribution in [2.24, 2.45) is 14.1 Å². The van der Waals surface area contributed by atoms with E-state index in [-0.39, 0.29) is 12.3 Å². The van der Waals surface area contributed by atoms with Gasteiger partial charge in [0.15, 0.2) is 0 Å². The summed E-state index contributed by atoms with van der Waals surface area (Å²) >= 11 is 0. The highest BCUT2D eigenvalue weighted by atomic mass is 16.5. The Morgan fingerprint density at radius 2 is 1.55 bits per heavy atom.